The lowest BCUT2D eigenvalue weighted by Crippen LogP contribution is -2.52. The number of rotatable bonds is 10. The molecule has 1 aromatic rings. The molecule has 3 atom stereocenters. The third kappa shape index (κ3) is 6.05. The van der Waals surface area contributed by atoms with Gasteiger partial charge in [0.25, 0.3) is 0 Å². The lowest BCUT2D eigenvalue weighted by molar-refractivity contribution is 0.0329. The highest BCUT2D eigenvalue weighted by Crippen LogP contribution is 2.49. The van der Waals surface area contributed by atoms with Gasteiger partial charge in [0.05, 0.1) is 6.33 Å². The molecule has 4 N–H and O–H groups in total. The van der Waals surface area contributed by atoms with Crippen molar-refractivity contribution in [1.82, 2.24) is 30.8 Å². The van der Waals surface area contributed by atoms with E-state index in [0.29, 0.717) is 5.54 Å². The van der Waals surface area contributed by atoms with Crippen molar-refractivity contribution in [2.24, 2.45) is 23.7 Å². The summed E-state index contributed by atoms with van der Waals surface area (Å²) in [5.41, 5.74) is 1.71. The van der Waals surface area contributed by atoms with Gasteiger partial charge in [-0.1, -0.05) is 0 Å². The highest BCUT2D eigenvalue weighted by atomic mass is 15.2. The van der Waals surface area contributed by atoms with Crippen molar-refractivity contribution < 1.29 is 0 Å². The molecule has 34 heavy (non-hydrogen) atoms. The monoisotopic (exact) mass is 470 g/mol. The smallest absolute Gasteiger partial charge is 0.0921 e. The van der Waals surface area contributed by atoms with Gasteiger partial charge in [-0.25, -0.2) is 4.98 Å². The number of H-pyrrole nitrogens is 1. The maximum atomic E-state index is 4.29. The molecular formula is C28H50N6. The third-order valence-corrected chi connectivity index (χ3v) is 10.0. The molecule has 1 aromatic heterocycles. The van der Waals surface area contributed by atoms with Crippen molar-refractivity contribution in [3.63, 3.8) is 0 Å². The van der Waals surface area contributed by atoms with Gasteiger partial charge >= 0.3 is 0 Å². The SMILES string of the molecule is c1ncc(CCN2CCC(C3CCNCC3)C2(CCC2CCNCC2)CCC2CCCNC2)[nH]1. The van der Waals surface area contributed by atoms with Crippen molar-refractivity contribution in [2.45, 2.75) is 82.6 Å². The average Bonchev–Trinajstić information content (AvgIpc) is 3.55. The van der Waals surface area contributed by atoms with Crippen LogP contribution in [0, 0.1) is 23.7 Å². The van der Waals surface area contributed by atoms with Gasteiger partial charge in [-0.3, -0.25) is 4.90 Å². The molecule has 6 nitrogen and oxygen atoms in total. The average molecular weight is 471 g/mol. The molecule has 192 valence electrons. The standard InChI is InChI=1S/C28H50N6/c1-2-24(20-31-13-1)4-12-28(11-3-23-5-14-29-15-6-23)27(25-7-16-30-17-8-25)10-19-34(28)18-9-26-21-32-22-33-26/h21-25,27,29-31H,1-20H2,(H,32,33). The van der Waals surface area contributed by atoms with Crippen LogP contribution in [0.15, 0.2) is 12.5 Å². The predicted octanol–water partition coefficient (Wildman–Crippen LogP) is 3.57. The Morgan fingerprint density at radius 1 is 0.853 bits per heavy atom. The molecule has 4 aliphatic rings. The maximum absolute atomic E-state index is 4.29. The molecule has 0 amide bonds. The van der Waals surface area contributed by atoms with E-state index in [2.05, 4.69) is 30.8 Å². The Morgan fingerprint density at radius 2 is 1.62 bits per heavy atom. The van der Waals surface area contributed by atoms with Crippen LogP contribution >= 0.6 is 0 Å². The van der Waals surface area contributed by atoms with Crippen LogP contribution in [0.1, 0.15) is 76.3 Å². The molecule has 5 heterocycles. The normalized spacial score (nSPS) is 32.4. The van der Waals surface area contributed by atoms with Crippen LogP contribution in [-0.2, 0) is 6.42 Å². The fourth-order valence-electron chi connectivity index (χ4n) is 8.01. The van der Waals surface area contributed by atoms with E-state index in [1.165, 1.54) is 129 Å². The summed E-state index contributed by atoms with van der Waals surface area (Å²) in [6.07, 6.45) is 20.5. The summed E-state index contributed by atoms with van der Waals surface area (Å²) in [4.78, 5) is 10.7. The Kier molecular flexibility index (Phi) is 8.97. The Bertz CT molecular complexity index is 666. The Hall–Kier alpha value is -0.950. The highest BCUT2D eigenvalue weighted by molar-refractivity contribution is 5.06. The topological polar surface area (TPSA) is 68.0 Å². The second-order valence-electron chi connectivity index (χ2n) is 11.9. The molecule has 6 heteroatoms. The minimum Gasteiger partial charge on any atom is -0.348 e. The summed E-state index contributed by atoms with van der Waals surface area (Å²) in [5.74, 6) is 3.61. The second-order valence-corrected chi connectivity index (χ2v) is 11.9. The van der Waals surface area contributed by atoms with Crippen molar-refractivity contribution >= 4 is 0 Å². The van der Waals surface area contributed by atoms with E-state index in [-0.39, 0.29) is 0 Å². The van der Waals surface area contributed by atoms with Gasteiger partial charge in [0.15, 0.2) is 0 Å². The number of nitrogens with zero attached hydrogens (tertiary/aromatic N) is 2. The molecule has 4 fully saturated rings. The van der Waals surface area contributed by atoms with Gasteiger partial charge in [0.2, 0.25) is 0 Å². The Balaban J connectivity index is 1.36. The summed E-state index contributed by atoms with van der Waals surface area (Å²) in [7, 11) is 0. The van der Waals surface area contributed by atoms with E-state index < -0.39 is 0 Å². The first-order valence-electron chi connectivity index (χ1n) is 14.7. The third-order valence-electron chi connectivity index (χ3n) is 10.0. The molecule has 0 aromatic carbocycles. The van der Waals surface area contributed by atoms with Crippen molar-refractivity contribution in [3.05, 3.63) is 18.2 Å². The lowest BCUT2D eigenvalue weighted by atomic mass is 9.67. The summed E-state index contributed by atoms with van der Waals surface area (Å²) < 4.78 is 0. The molecule has 5 rings (SSSR count). The van der Waals surface area contributed by atoms with Crippen molar-refractivity contribution in [1.29, 1.82) is 0 Å². The zero-order chi connectivity index (χ0) is 23.1. The molecule has 0 bridgehead atoms. The zero-order valence-corrected chi connectivity index (χ0v) is 21.5. The molecule has 0 aliphatic carbocycles. The van der Waals surface area contributed by atoms with Crippen LogP contribution in [0.2, 0.25) is 0 Å². The number of aromatic amines is 1. The van der Waals surface area contributed by atoms with E-state index >= 15 is 0 Å². The van der Waals surface area contributed by atoms with Crippen LogP contribution in [0.4, 0.5) is 0 Å². The number of hydrogen-bond donors (Lipinski definition) is 4. The van der Waals surface area contributed by atoms with Crippen molar-refractivity contribution in [3.8, 4) is 0 Å². The number of likely N-dealkylation sites (tertiary alicyclic amines) is 1. The first-order chi connectivity index (χ1) is 16.8. The van der Waals surface area contributed by atoms with E-state index in [1.807, 2.05) is 12.5 Å². The summed E-state index contributed by atoms with van der Waals surface area (Å²) in [6, 6.07) is 0. The van der Waals surface area contributed by atoms with Crippen LogP contribution in [0.3, 0.4) is 0 Å². The van der Waals surface area contributed by atoms with Gasteiger partial charge in [-0.2, -0.15) is 0 Å². The predicted molar refractivity (Wildman–Crippen MR) is 140 cm³/mol. The number of piperidine rings is 3. The fraction of sp³-hybridized carbons (Fsp3) is 0.893. The number of imidazole rings is 1. The maximum Gasteiger partial charge on any atom is 0.0921 e. The van der Waals surface area contributed by atoms with Gasteiger partial charge < -0.3 is 20.9 Å². The number of aromatic nitrogens is 2. The first kappa shape index (κ1) is 24.7. The first-order valence-corrected chi connectivity index (χ1v) is 14.7. The van der Waals surface area contributed by atoms with Crippen LogP contribution < -0.4 is 16.0 Å². The highest BCUT2D eigenvalue weighted by Gasteiger charge is 2.50. The molecule has 0 spiro atoms. The summed E-state index contributed by atoms with van der Waals surface area (Å²) in [6.45, 7) is 9.89. The summed E-state index contributed by atoms with van der Waals surface area (Å²) in [5, 5.41) is 10.9. The Labute approximate surface area is 207 Å². The van der Waals surface area contributed by atoms with Crippen molar-refractivity contribution in [2.75, 3.05) is 52.4 Å². The minimum atomic E-state index is 0.407. The molecule has 4 saturated heterocycles. The van der Waals surface area contributed by atoms with E-state index in [9.17, 15) is 0 Å². The fourth-order valence-corrected chi connectivity index (χ4v) is 8.01. The second kappa shape index (κ2) is 12.3. The van der Waals surface area contributed by atoms with Crippen LogP contribution in [0.25, 0.3) is 0 Å². The molecule has 0 saturated carbocycles. The Morgan fingerprint density at radius 3 is 2.32 bits per heavy atom. The molecule has 3 unspecified atom stereocenters. The lowest BCUT2D eigenvalue weighted by Gasteiger charge is -2.48. The number of hydrogen-bond acceptors (Lipinski definition) is 5. The molecule has 0 radical (unpaired) electrons. The van der Waals surface area contributed by atoms with E-state index in [4.69, 9.17) is 0 Å². The summed E-state index contributed by atoms with van der Waals surface area (Å²) >= 11 is 0. The van der Waals surface area contributed by atoms with Crippen LogP contribution in [-0.4, -0.2) is 72.8 Å². The zero-order valence-electron chi connectivity index (χ0n) is 21.5. The van der Waals surface area contributed by atoms with E-state index in [0.717, 1.165) is 30.1 Å². The molecule has 4 aliphatic heterocycles. The largest absolute Gasteiger partial charge is 0.348 e. The van der Waals surface area contributed by atoms with Gasteiger partial charge in [-0.05, 0) is 140 Å². The minimum absolute atomic E-state index is 0.407. The van der Waals surface area contributed by atoms with E-state index in [1.54, 1.807) is 0 Å². The van der Waals surface area contributed by atoms with Gasteiger partial charge in [0, 0.05) is 30.4 Å². The molecular weight excluding hydrogens is 420 g/mol. The quantitative estimate of drug-likeness (QED) is 0.421. The van der Waals surface area contributed by atoms with Crippen LogP contribution in [0.5, 0.6) is 0 Å². The number of nitrogens with one attached hydrogen (secondary N) is 4. The van der Waals surface area contributed by atoms with Gasteiger partial charge in [-0.15, -0.1) is 0 Å². The van der Waals surface area contributed by atoms with Gasteiger partial charge in [0.1, 0.15) is 0 Å².